The molecule has 3 aliphatic rings. The first-order chi connectivity index (χ1) is 22.0. The van der Waals surface area contributed by atoms with E-state index < -0.39 is 30.8 Å². The van der Waals surface area contributed by atoms with Crippen molar-refractivity contribution in [1.82, 2.24) is 19.8 Å². The second kappa shape index (κ2) is 13.1. The Labute approximate surface area is 270 Å². The van der Waals surface area contributed by atoms with Gasteiger partial charge in [0.05, 0.1) is 19.2 Å². The summed E-state index contributed by atoms with van der Waals surface area (Å²) in [5.41, 5.74) is 1.51. The molecule has 3 aromatic rings. The number of likely N-dealkylation sites (tertiary alicyclic amines) is 1. The van der Waals surface area contributed by atoms with Gasteiger partial charge in [-0.25, -0.2) is 13.8 Å². The van der Waals surface area contributed by atoms with Gasteiger partial charge in [-0.2, -0.15) is 0 Å². The maximum absolute atomic E-state index is 13.7. The summed E-state index contributed by atoms with van der Waals surface area (Å²) < 4.78 is 34.5. The summed E-state index contributed by atoms with van der Waals surface area (Å²) in [6.45, 7) is 4.42. The number of hydrogen-bond donors (Lipinski definition) is 3. The third-order valence-corrected chi connectivity index (χ3v) is 8.40. The average molecular weight is 655 g/mol. The number of rotatable bonds is 11. The van der Waals surface area contributed by atoms with Crippen LogP contribution >= 0.6 is 11.6 Å². The lowest BCUT2D eigenvalue weighted by molar-refractivity contribution is -0.113. The number of nitrogens with one attached hydrogen (secondary N) is 3. The van der Waals surface area contributed by atoms with Crippen LogP contribution in [0.25, 0.3) is 11.1 Å². The number of pyridine rings is 2. The SMILES string of the molecule is CC(C)Nc1cc(-c2ccc(Cl)cc2C(=O)N2CC(F)(F)C2)cc(NC(=O)c2cc(CNCC3CCCO3)cn(C3CC3)c2=O)n1. The van der Waals surface area contributed by atoms with Crippen LogP contribution in [0.3, 0.4) is 0 Å². The van der Waals surface area contributed by atoms with Gasteiger partial charge < -0.3 is 30.2 Å². The zero-order valence-corrected chi connectivity index (χ0v) is 26.5. The van der Waals surface area contributed by atoms with Crippen LogP contribution in [0.2, 0.25) is 5.02 Å². The summed E-state index contributed by atoms with van der Waals surface area (Å²) in [6, 6.07) is 9.62. The summed E-state index contributed by atoms with van der Waals surface area (Å²) in [4.78, 5) is 46.0. The van der Waals surface area contributed by atoms with Crippen molar-refractivity contribution in [3.05, 3.63) is 74.7 Å². The van der Waals surface area contributed by atoms with Crippen LogP contribution in [-0.2, 0) is 11.3 Å². The molecule has 46 heavy (non-hydrogen) atoms. The molecule has 4 heterocycles. The van der Waals surface area contributed by atoms with Gasteiger partial charge in [0.1, 0.15) is 17.2 Å². The van der Waals surface area contributed by atoms with E-state index in [1.165, 1.54) is 6.07 Å². The van der Waals surface area contributed by atoms with Crippen molar-refractivity contribution in [2.24, 2.45) is 0 Å². The van der Waals surface area contributed by atoms with E-state index in [4.69, 9.17) is 16.3 Å². The van der Waals surface area contributed by atoms with Crippen LogP contribution in [0.5, 0.6) is 0 Å². The van der Waals surface area contributed by atoms with Gasteiger partial charge in [-0.1, -0.05) is 17.7 Å². The minimum atomic E-state index is -2.92. The lowest BCUT2D eigenvalue weighted by Crippen LogP contribution is -2.58. The highest BCUT2D eigenvalue weighted by Gasteiger charge is 2.46. The van der Waals surface area contributed by atoms with Crippen molar-refractivity contribution in [2.75, 3.05) is 36.9 Å². The van der Waals surface area contributed by atoms with E-state index in [1.54, 1.807) is 34.9 Å². The van der Waals surface area contributed by atoms with E-state index in [0.29, 0.717) is 30.0 Å². The molecule has 0 bridgehead atoms. The molecule has 0 spiro atoms. The van der Waals surface area contributed by atoms with Gasteiger partial charge in [0.15, 0.2) is 0 Å². The summed E-state index contributed by atoms with van der Waals surface area (Å²) in [6.07, 6.45) is 5.77. The van der Waals surface area contributed by atoms with Crippen LogP contribution in [0.15, 0.2) is 47.4 Å². The van der Waals surface area contributed by atoms with E-state index in [2.05, 4.69) is 20.9 Å². The second-order valence-electron chi connectivity index (χ2n) is 12.6. The maximum atomic E-state index is 13.7. The number of aromatic nitrogens is 2. The zero-order valence-electron chi connectivity index (χ0n) is 25.7. The van der Waals surface area contributed by atoms with Crippen molar-refractivity contribution >= 4 is 35.1 Å². The van der Waals surface area contributed by atoms with Crippen LogP contribution in [0, 0.1) is 0 Å². The van der Waals surface area contributed by atoms with E-state index in [1.807, 2.05) is 20.0 Å². The first-order valence-electron chi connectivity index (χ1n) is 15.6. The van der Waals surface area contributed by atoms with Gasteiger partial charge >= 0.3 is 0 Å². The fraction of sp³-hybridized carbons (Fsp3) is 0.455. The molecule has 6 rings (SSSR count). The molecular formula is C33H37ClF2N6O4. The minimum Gasteiger partial charge on any atom is -0.377 e. The molecule has 1 saturated carbocycles. The molecule has 0 radical (unpaired) electrons. The number of ether oxygens (including phenoxy) is 1. The molecule has 3 N–H and O–H groups in total. The van der Waals surface area contributed by atoms with Gasteiger partial charge in [-0.15, -0.1) is 0 Å². The summed E-state index contributed by atoms with van der Waals surface area (Å²) >= 11 is 6.23. The van der Waals surface area contributed by atoms with E-state index in [-0.39, 0.29) is 45.7 Å². The third kappa shape index (κ3) is 7.40. The molecule has 1 unspecified atom stereocenters. The molecular weight excluding hydrogens is 618 g/mol. The Bertz CT molecular complexity index is 1700. The lowest BCUT2D eigenvalue weighted by atomic mass is 9.97. The Balaban J connectivity index is 1.30. The monoisotopic (exact) mass is 654 g/mol. The molecule has 13 heteroatoms. The summed E-state index contributed by atoms with van der Waals surface area (Å²) in [5, 5.41) is 9.66. The van der Waals surface area contributed by atoms with E-state index in [9.17, 15) is 23.2 Å². The van der Waals surface area contributed by atoms with Crippen LogP contribution < -0.4 is 21.5 Å². The number of anilines is 2. The molecule has 1 aliphatic carbocycles. The van der Waals surface area contributed by atoms with Gasteiger partial charge in [-0.05, 0) is 86.6 Å². The molecule has 244 valence electrons. The highest BCUT2D eigenvalue weighted by Crippen LogP contribution is 2.35. The molecule has 2 aliphatic heterocycles. The highest BCUT2D eigenvalue weighted by atomic mass is 35.5. The quantitative estimate of drug-likeness (QED) is 0.256. The molecule has 2 amide bonds. The van der Waals surface area contributed by atoms with Gasteiger partial charge in [0.25, 0.3) is 23.3 Å². The topological polar surface area (TPSA) is 118 Å². The number of alkyl halides is 2. The number of benzene rings is 1. The Hall–Kier alpha value is -3.87. The molecule has 3 fully saturated rings. The summed E-state index contributed by atoms with van der Waals surface area (Å²) in [7, 11) is 0. The Morgan fingerprint density at radius 1 is 1.09 bits per heavy atom. The van der Waals surface area contributed by atoms with Crippen molar-refractivity contribution in [2.45, 2.75) is 70.2 Å². The molecule has 1 atom stereocenters. The smallest absolute Gasteiger partial charge is 0.282 e. The largest absolute Gasteiger partial charge is 0.377 e. The Morgan fingerprint density at radius 3 is 2.52 bits per heavy atom. The predicted molar refractivity (Wildman–Crippen MR) is 172 cm³/mol. The first-order valence-corrected chi connectivity index (χ1v) is 16.0. The molecule has 1 aromatic carbocycles. The third-order valence-electron chi connectivity index (χ3n) is 8.17. The fourth-order valence-electron chi connectivity index (χ4n) is 5.80. The number of nitrogens with zero attached hydrogens (tertiary/aromatic N) is 3. The van der Waals surface area contributed by atoms with Crippen LogP contribution in [0.4, 0.5) is 20.4 Å². The highest BCUT2D eigenvalue weighted by molar-refractivity contribution is 6.31. The summed E-state index contributed by atoms with van der Waals surface area (Å²) in [5.74, 6) is -3.56. The van der Waals surface area contributed by atoms with Crippen molar-refractivity contribution in [1.29, 1.82) is 0 Å². The minimum absolute atomic E-state index is 0.00467. The molecule has 2 aromatic heterocycles. The number of halogens is 3. The van der Waals surface area contributed by atoms with E-state index >= 15 is 0 Å². The van der Waals surface area contributed by atoms with Gasteiger partial charge in [0, 0.05) is 48.6 Å². The standard InChI is InChI=1S/C33H37ClF2N6O4/c1-19(2)38-28-11-21(25-8-5-22(34)13-26(25)31(44)41-17-33(35,36)18-41)12-29(39-28)40-30(43)27-10-20(14-37-15-24-4-3-9-46-24)16-42(32(27)45)23-6-7-23/h5,8,10-13,16,19,23-24,37H,3-4,6-7,9,14-15,17-18H2,1-2H3,(H2,38,39,40,43). The number of hydrogen-bond acceptors (Lipinski definition) is 7. The second-order valence-corrected chi connectivity index (χ2v) is 13.0. The molecule has 10 nitrogen and oxygen atoms in total. The van der Waals surface area contributed by atoms with Crippen molar-refractivity contribution < 1.29 is 23.1 Å². The first kappa shape index (κ1) is 32.1. The van der Waals surface area contributed by atoms with Gasteiger partial charge in [-0.3, -0.25) is 14.4 Å². The Morgan fingerprint density at radius 2 is 1.85 bits per heavy atom. The number of carbonyl (C=O) groups is 2. The Kier molecular flexibility index (Phi) is 9.13. The normalized spacial score (nSPS) is 18.8. The number of amides is 2. The zero-order chi connectivity index (χ0) is 32.6. The maximum Gasteiger partial charge on any atom is 0.282 e. The lowest BCUT2D eigenvalue weighted by Gasteiger charge is -2.39. The van der Waals surface area contributed by atoms with Crippen LogP contribution in [-0.4, -0.2) is 70.6 Å². The van der Waals surface area contributed by atoms with Crippen molar-refractivity contribution in [3.63, 3.8) is 0 Å². The molecule has 2 saturated heterocycles. The predicted octanol–water partition coefficient (Wildman–Crippen LogP) is 5.33. The fourth-order valence-corrected chi connectivity index (χ4v) is 5.97. The average Bonchev–Trinajstić information content (AvgIpc) is 3.70. The number of carbonyl (C=O) groups excluding carboxylic acids is 2. The van der Waals surface area contributed by atoms with Crippen LogP contribution in [0.1, 0.15) is 71.9 Å². The van der Waals surface area contributed by atoms with Crippen molar-refractivity contribution in [3.8, 4) is 11.1 Å². The van der Waals surface area contributed by atoms with E-state index in [0.717, 1.165) is 42.8 Å². The van der Waals surface area contributed by atoms with Gasteiger partial charge in [0.2, 0.25) is 0 Å².